The van der Waals surface area contributed by atoms with E-state index < -0.39 is 9.84 Å². The van der Waals surface area contributed by atoms with Crippen LogP contribution in [-0.4, -0.2) is 55.6 Å². The molecule has 1 fully saturated rings. The van der Waals surface area contributed by atoms with Gasteiger partial charge >= 0.3 is 0 Å². The third-order valence-corrected chi connectivity index (χ3v) is 6.05. The molecule has 1 aromatic heterocycles. The lowest BCUT2D eigenvalue weighted by atomic mass is 10.1. The first-order valence-corrected chi connectivity index (χ1v) is 10.3. The highest BCUT2D eigenvalue weighted by atomic mass is 32.2. The molecule has 1 aliphatic rings. The number of piperidine rings is 1. The van der Waals surface area contributed by atoms with E-state index in [1.807, 2.05) is 6.92 Å². The standard InChI is InChI=1S/C16H28N4O2S/c1-4-14-12-16(19-13(3)18-14)20-9-6-15(7-10-20)17-8-11-23(21,22)5-2/h12,15,17H,4-11H2,1-3H3. The van der Waals surface area contributed by atoms with Crippen molar-refractivity contribution >= 4 is 15.7 Å². The van der Waals surface area contributed by atoms with Gasteiger partial charge in [0.05, 0.1) is 5.75 Å². The second kappa shape index (κ2) is 8.06. The highest BCUT2D eigenvalue weighted by molar-refractivity contribution is 7.91. The lowest BCUT2D eigenvalue weighted by molar-refractivity contribution is 0.422. The molecule has 23 heavy (non-hydrogen) atoms. The van der Waals surface area contributed by atoms with Crippen molar-refractivity contribution < 1.29 is 8.42 Å². The van der Waals surface area contributed by atoms with Gasteiger partial charge in [-0.3, -0.25) is 0 Å². The zero-order valence-corrected chi connectivity index (χ0v) is 15.2. The quantitative estimate of drug-likeness (QED) is 0.807. The Balaban J connectivity index is 1.83. The highest BCUT2D eigenvalue weighted by Gasteiger charge is 2.20. The number of sulfone groups is 1. The summed E-state index contributed by atoms with van der Waals surface area (Å²) in [5, 5.41) is 3.38. The van der Waals surface area contributed by atoms with Crippen LogP contribution in [0.4, 0.5) is 5.82 Å². The van der Waals surface area contributed by atoms with E-state index in [1.165, 1.54) is 0 Å². The Labute approximate surface area is 139 Å². The van der Waals surface area contributed by atoms with Gasteiger partial charge in [-0.05, 0) is 26.2 Å². The van der Waals surface area contributed by atoms with Crippen LogP contribution < -0.4 is 10.2 Å². The first-order valence-electron chi connectivity index (χ1n) is 8.47. The van der Waals surface area contributed by atoms with Crippen molar-refractivity contribution in [1.82, 2.24) is 15.3 Å². The summed E-state index contributed by atoms with van der Waals surface area (Å²) in [6, 6.07) is 2.47. The van der Waals surface area contributed by atoms with Crippen LogP contribution in [0.1, 0.15) is 38.2 Å². The Kier molecular flexibility index (Phi) is 6.35. The molecule has 0 radical (unpaired) electrons. The number of anilines is 1. The van der Waals surface area contributed by atoms with Crippen molar-refractivity contribution in [3.8, 4) is 0 Å². The van der Waals surface area contributed by atoms with E-state index >= 15 is 0 Å². The zero-order chi connectivity index (χ0) is 16.9. The smallest absolute Gasteiger partial charge is 0.151 e. The fourth-order valence-corrected chi connectivity index (χ4v) is 3.55. The third-order valence-electron chi connectivity index (χ3n) is 4.34. The predicted molar refractivity (Wildman–Crippen MR) is 93.7 cm³/mol. The largest absolute Gasteiger partial charge is 0.356 e. The van der Waals surface area contributed by atoms with E-state index in [2.05, 4.69) is 33.2 Å². The first-order chi connectivity index (χ1) is 10.9. The molecule has 0 aromatic carbocycles. The van der Waals surface area contributed by atoms with Crippen LogP contribution in [0.2, 0.25) is 0 Å². The maximum Gasteiger partial charge on any atom is 0.151 e. The average molecular weight is 340 g/mol. The Morgan fingerprint density at radius 1 is 1.26 bits per heavy atom. The molecule has 0 spiro atoms. The molecule has 0 atom stereocenters. The van der Waals surface area contributed by atoms with Crippen LogP contribution in [-0.2, 0) is 16.3 Å². The second-order valence-electron chi connectivity index (χ2n) is 6.07. The summed E-state index contributed by atoms with van der Waals surface area (Å²) in [4.78, 5) is 11.3. The molecular formula is C16H28N4O2S. The summed E-state index contributed by atoms with van der Waals surface area (Å²) >= 11 is 0. The summed E-state index contributed by atoms with van der Waals surface area (Å²) in [6.07, 6.45) is 2.94. The van der Waals surface area contributed by atoms with E-state index in [-0.39, 0.29) is 11.5 Å². The number of nitrogens with one attached hydrogen (secondary N) is 1. The second-order valence-corrected chi connectivity index (χ2v) is 8.54. The lowest BCUT2D eigenvalue weighted by Gasteiger charge is -2.33. The Morgan fingerprint density at radius 3 is 2.57 bits per heavy atom. The van der Waals surface area contributed by atoms with E-state index in [0.717, 1.165) is 49.7 Å². The van der Waals surface area contributed by atoms with Crippen LogP contribution in [0.15, 0.2) is 6.07 Å². The topological polar surface area (TPSA) is 75.2 Å². The van der Waals surface area contributed by atoms with Gasteiger partial charge in [0.25, 0.3) is 0 Å². The van der Waals surface area contributed by atoms with Gasteiger partial charge < -0.3 is 10.2 Å². The minimum atomic E-state index is -2.88. The maximum atomic E-state index is 11.5. The van der Waals surface area contributed by atoms with E-state index in [9.17, 15) is 8.42 Å². The van der Waals surface area contributed by atoms with Crippen LogP contribution in [0, 0.1) is 6.92 Å². The SMILES string of the molecule is CCc1cc(N2CCC(NCCS(=O)(=O)CC)CC2)nc(C)n1. The highest BCUT2D eigenvalue weighted by Crippen LogP contribution is 2.19. The van der Waals surface area contributed by atoms with Crippen molar-refractivity contribution in [2.45, 2.75) is 46.1 Å². The van der Waals surface area contributed by atoms with Gasteiger partial charge in [0.1, 0.15) is 11.6 Å². The predicted octanol–water partition coefficient (Wildman–Crippen LogP) is 1.34. The molecule has 130 valence electrons. The average Bonchev–Trinajstić information content (AvgIpc) is 2.54. The van der Waals surface area contributed by atoms with Crippen LogP contribution in [0.3, 0.4) is 0 Å². The molecule has 7 heteroatoms. The number of rotatable bonds is 7. The number of hydrogen-bond acceptors (Lipinski definition) is 6. The molecular weight excluding hydrogens is 312 g/mol. The van der Waals surface area contributed by atoms with Gasteiger partial charge in [0, 0.05) is 43.2 Å². The fraction of sp³-hybridized carbons (Fsp3) is 0.750. The fourth-order valence-electron chi connectivity index (χ4n) is 2.83. The molecule has 1 aliphatic heterocycles. The van der Waals surface area contributed by atoms with E-state index in [1.54, 1.807) is 6.92 Å². The molecule has 6 nitrogen and oxygen atoms in total. The van der Waals surface area contributed by atoms with Gasteiger partial charge in [-0.15, -0.1) is 0 Å². The van der Waals surface area contributed by atoms with Crippen LogP contribution >= 0.6 is 0 Å². The molecule has 2 heterocycles. The molecule has 2 rings (SSSR count). The summed E-state index contributed by atoms with van der Waals surface area (Å²) in [6.45, 7) is 8.17. The van der Waals surface area contributed by atoms with Gasteiger partial charge in [-0.1, -0.05) is 13.8 Å². The van der Waals surface area contributed by atoms with Gasteiger partial charge in [0.2, 0.25) is 0 Å². The summed E-state index contributed by atoms with van der Waals surface area (Å²) < 4.78 is 23.0. The number of hydrogen-bond donors (Lipinski definition) is 1. The Hall–Kier alpha value is -1.21. The summed E-state index contributed by atoms with van der Waals surface area (Å²) in [5.41, 5.74) is 1.08. The molecule has 0 unspecified atom stereocenters. The van der Waals surface area contributed by atoms with Gasteiger partial charge in [0.15, 0.2) is 9.84 Å². The molecule has 1 aromatic rings. The molecule has 0 bridgehead atoms. The molecule has 0 saturated carbocycles. The minimum Gasteiger partial charge on any atom is -0.356 e. The van der Waals surface area contributed by atoms with Gasteiger partial charge in [-0.25, -0.2) is 18.4 Å². The molecule has 1 saturated heterocycles. The van der Waals surface area contributed by atoms with Crippen LogP contribution in [0.25, 0.3) is 0 Å². The number of aromatic nitrogens is 2. The monoisotopic (exact) mass is 340 g/mol. The Morgan fingerprint density at radius 2 is 1.96 bits per heavy atom. The van der Waals surface area contributed by atoms with Crippen LogP contribution in [0.5, 0.6) is 0 Å². The van der Waals surface area contributed by atoms with Crippen molar-refractivity contribution in [2.24, 2.45) is 0 Å². The molecule has 0 aliphatic carbocycles. The van der Waals surface area contributed by atoms with Crippen molar-refractivity contribution in [3.05, 3.63) is 17.6 Å². The van der Waals surface area contributed by atoms with Crippen molar-refractivity contribution in [2.75, 3.05) is 36.0 Å². The minimum absolute atomic E-state index is 0.222. The number of nitrogens with zero attached hydrogens (tertiary/aromatic N) is 3. The number of aryl methyl sites for hydroxylation is 2. The molecule has 0 amide bonds. The van der Waals surface area contributed by atoms with Gasteiger partial charge in [-0.2, -0.15) is 0 Å². The first kappa shape index (κ1) is 18.1. The third kappa shape index (κ3) is 5.42. The maximum absolute atomic E-state index is 11.5. The normalized spacial score (nSPS) is 16.7. The van der Waals surface area contributed by atoms with Crippen molar-refractivity contribution in [1.29, 1.82) is 0 Å². The van der Waals surface area contributed by atoms with E-state index in [4.69, 9.17) is 0 Å². The summed E-state index contributed by atoms with van der Waals surface area (Å²) in [7, 11) is -2.88. The molecule has 1 N–H and O–H groups in total. The van der Waals surface area contributed by atoms with Crippen molar-refractivity contribution in [3.63, 3.8) is 0 Å². The lowest BCUT2D eigenvalue weighted by Crippen LogP contribution is -2.44. The van der Waals surface area contributed by atoms with E-state index in [0.29, 0.717) is 12.6 Å². The zero-order valence-electron chi connectivity index (χ0n) is 14.4. The summed E-state index contributed by atoms with van der Waals surface area (Å²) in [5.74, 6) is 2.29. The Bertz CT molecular complexity index is 611.